The number of ether oxygens (including phenoxy) is 3. The zero-order chi connectivity index (χ0) is 20.9. The molecule has 4 rings (SSSR count). The monoisotopic (exact) mass is 420 g/mol. The van der Waals surface area contributed by atoms with Gasteiger partial charge in [-0.15, -0.1) is 11.3 Å². The maximum atomic E-state index is 5.59. The Morgan fingerprint density at radius 3 is 2.43 bits per heavy atom. The number of nitrogens with one attached hydrogen (secondary N) is 1. The van der Waals surface area contributed by atoms with Crippen molar-refractivity contribution in [3.8, 4) is 28.5 Å². The van der Waals surface area contributed by atoms with Crippen LogP contribution in [0.2, 0.25) is 0 Å². The average molecular weight is 421 g/mol. The molecule has 0 spiro atoms. The second-order valence-corrected chi connectivity index (χ2v) is 7.81. The van der Waals surface area contributed by atoms with Gasteiger partial charge in [0.25, 0.3) is 0 Å². The van der Waals surface area contributed by atoms with Gasteiger partial charge in [0.05, 0.1) is 27.0 Å². The van der Waals surface area contributed by atoms with Crippen LogP contribution in [0.3, 0.4) is 0 Å². The molecular formula is C24H24N2O3S. The highest BCUT2D eigenvalue weighted by Crippen LogP contribution is 2.36. The SMILES string of the molecule is COc1cccc(-c2nc3c(OC)ccc(OC)c3cc2CNCc2cccs2)c1. The largest absolute Gasteiger partial charge is 0.497 e. The minimum Gasteiger partial charge on any atom is -0.497 e. The van der Waals surface area contributed by atoms with Crippen LogP contribution in [-0.2, 0) is 13.1 Å². The zero-order valence-electron chi connectivity index (χ0n) is 17.3. The van der Waals surface area contributed by atoms with E-state index in [4.69, 9.17) is 19.2 Å². The fraction of sp³-hybridized carbons (Fsp3) is 0.208. The highest BCUT2D eigenvalue weighted by Gasteiger charge is 2.16. The first-order chi connectivity index (χ1) is 14.7. The van der Waals surface area contributed by atoms with Crippen molar-refractivity contribution in [2.24, 2.45) is 0 Å². The van der Waals surface area contributed by atoms with Crippen LogP contribution in [0.5, 0.6) is 17.2 Å². The van der Waals surface area contributed by atoms with E-state index < -0.39 is 0 Å². The Kier molecular flexibility index (Phi) is 6.16. The summed E-state index contributed by atoms with van der Waals surface area (Å²) in [4.78, 5) is 6.32. The van der Waals surface area contributed by atoms with Gasteiger partial charge in [-0.05, 0) is 47.3 Å². The molecule has 5 nitrogen and oxygen atoms in total. The fourth-order valence-electron chi connectivity index (χ4n) is 3.48. The molecule has 2 heterocycles. The lowest BCUT2D eigenvalue weighted by Crippen LogP contribution is -2.13. The van der Waals surface area contributed by atoms with Crippen LogP contribution >= 0.6 is 11.3 Å². The van der Waals surface area contributed by atoms with E-state index in [9.17, 15) is 0 Å². The number of pyridine rings is 1. The van der Waals surface area contributed by atoms with Crippen molar-refractivity contribution in [2.45, 2.75) is 13.1 Å². The first-order valence-electron chi connectivity index (χ1n) is 9.65. The van der Waals surface area contributed by atoms with Gasteiger partial charge in [-0.25, -0.2) is 4.98 Å². The number of hydrogen-bond donors (Lipinski definition) is 1. The maximum absolute atomic E-state index is 5.59. The molecule has 154 valence electrons. The quantitative estimate of drug-likeness (QED) is 0.420. The number of fused-ring (bicyclic) bond motifs is 1. The number of nitrogens with zero attached hydrogens (tertiary/aromatic N) is 1. The lowest BCUT2D eigenvalue weighted by molar-refractivity contribution is 0.409. The molecule has 0 aliphatic heterocycles. The Morgan fingerprint density at radius 1 is 0.867 bits per heavy atom. The molecule has 0 saturated carbocycles. The van der Waals surface area contributed by atoms with E-state index in [2.05, 4.69) is 28.9 Å². The maximum Gasteiger partial charge on any atom is 0.145 e. The molecule has 0 unspecified atom stereocenters. The number of thiophene rings is 1. The van der Waals surface area contributed by atoms with Crippen molar-refractivity contribution in [3.05, 3.63) is 70.4 Å². The molecule has 30 heavy (non-hydrogen) atoms. The Hall–Kier alpha value is -3.09. The third-order valence-corrected chi connectivity index (χ3v) is 5.84. The van der Waals surface area contributed by atoms with Crippen molar-refractivity contribution >= 4 is 22.2 Å². The molecule has 0 fully saturated rings. The smallest absolute Gasteiger partial charge is 0.145 e. The van der Waals surface area contributed by atoms with Gasteiger partial charge in [0, 0.05) is 28.9 Å². The Morgan fingerprint density at radius 2 is 1.70 bits per heavy atom. The van der Waals surface area contributed by atoms with Crippen molar-refractivity contribution in [2.75, 3.05) is 21.3 Å². The number of rotatable bonds is 8. The fourth-order valence-corrected chi connectivity index (χ4v) is 4.16. The van der Waals surface area contributed by atoms with Crippen molar-refractivity contribution < 1.29 is 14.2 Å². The van der Waals surface area contributed by atoms with Gasteiger partial charge in [0.15, 0.2) is 0 Å². The first kappa shape index (κ1) is 20.2. The summed E-state index contributed by atoms with van der Waals surface area (Å²) in [5.74, 6) is 2.28. The van der Waals surface area contributed by atoms with E-state index >= 15 is 0 Å². The van der Waals surface area contributed by atoms with E-state index in [1.54, 1.807) is 32.7 Å². The number of aromatic nitrogens is 1. The molecule has 0 atom stereocenters. The predicted octanol–water partition coefficient (Wildman–Crippen LogP) is 5.28. The van der Waals surface area contributed by atoms with Crippen LogP contribution in [-0.4, -0.2) is 26.3 Å². The van der Waals surface area contributed by atoms with Crippen LogP contribution in [0.1, 0.15) is 10.4 Å². The average Bonchev–Trinajstić information content (AvgIpc) is 3.31. The molecule has 0 aliphatic carbocycles. The summed E-state index contributed by atoms with van der Waals surface area (Å²) in [5, 5.41) is 6.56. The molecular weight excluding hydrogens is 396 g/mol. The van der Waals surface area contributed by atoms with E-state index in [0.717, 1.165) is 45.8 Å². The van der Waals surface area contributed by atoms with Gasteiger partial charge < -0.3 is 19.5 Å². The Labute approximate surface area is 180 Å². The van der Waals surface area contributed by atoms with Crippen LogP contribution in [0.15, 0.2) is 60.0 Å². The van der Waals surface area contributed by atoms with Gasteiger partial charge in [-0.2, -0.15) is 0 Å². The summed E-state index contributed by atoms with van der Waals surface area (Å²) in [7, 11) is 5.00. The van der Waals surface area contributed by atoms with Gasteiger partial charge in [-0.3, -0.25) is 0 Å². The van der Waals surface area contributed by atoms with Crippen LogP contribution < -0.4 is 19.5 Å². The lowest BCUT2D eigenvalue weighted by Gasteiger charge is -2.16. The topological polar surface area (TPSA) is 52.6 Å². The van der Waals surface area contributed by atoms with E-state index in [1.165, 1.54) is 4.88 Å². The zero-order valence-corrected chi connectivity index (χ0v) is 18.1. The van der Waals surface area contributed by atoms with Crippen LogP contribution in [0, 0.1) is 0 Å². The Bertz CT molecular complexity index is 1140. The predicted molar refractivity (Wildman–Crippen MR) is 122 cm³/mol. The van der Waals surface area contributed by atoms with E-state index in [0.29, 0.717) is 12.3 Å². The normalized spacial score (nSPS) is 10.9. The molecule has 0 amide bonds. The summed E-state index contributed by atoms with van der Waals surface area (Å²) in [6.45, 7) is 1.48. The molecule has 4 aromatic rings. The molecule has 1 N–H and O–H groups in total. The van der Waals surface area contributed by atoms with Gasteiger partial charge in [0.1, 0.15) is 22.8 Å². The molecule has 0 radical (unpaired) electrons. The van der Waals surface area contributed by atoms with Gasteiger partial charge in [-0.1, -0.05) is 18.2 Å². The lowest BCUT2D eigenvalue weighted by atomic mass is 10.0. The molecule has 2 aromatic carbocycles. The van der Waals surface area contributed by atoms with Gasteiger partial charge in [0.2, 0.25) is 0 Å². The molecule has 2 aromatic heterocycles. The van der Waals surface area contributed by atoms with Crippen molar-refractivity contribution in [3.63, 3.8) is 0 Å². The van der Waals surface area contributed by atoms with Crippen molar-refractivity contribution in [1.82, 2.24) is 10.3 Å². The van der Waals surface area contributed by atoms with Gasteiger partial charge >= 0.3 is 0 Å². The standard InChI is InChI=1S/C24H24N2O3S/c1-27-18-7-4-6-16(12-18)23-17(14-25-15-19-8-5-11-30-19)13-20-21(28-2)9-10-22(29-3)24(20)26-23/h4-13,25H,14-15H2,1-3H3. The third kappa shape index (κ3) is 4.10. The second-order valence-electron chi connectivity index (χ2n) is 6.78. The van der Waals surface area contributed by atoms with E-state index in [-0.39, 0.29) is 0 Å². The summed E-state index contributed by atoms with van der Waals surface area (Å²) in [5.41, 5.74) is 3.75. The molecule has 0 saturated heterocycles. The molecule has 6 heteroatoms. The third-order valence-electron chi connectivity index (χ3n) is 4.96. The second kappa shape index (κ2) is 9.15. The highest BCUT2D eigenvalue weighted by atomic mass is 32.1. The summed E-state index contributed by atoms with van der Waals surface area (Å²) >= 11 is 1.75. The minimum atomic E-state index is 0.674. The molecule has 0 aliphatic rings. The Balaban J connectivity index is 1.82. The van der Waals surface area contributed by atoms with Crippen LogP contribution in [0.4, 0.5) is 0 Å². The number of methoxy groups -OCH3 is 3. The first-order valence-corrected chi connectivity index (χ1v) is 10.5. The number of benzene rings is 2. The molecule has 0 bridgehead atoms. The summed E-state index contributed by atoms with van der Waals surface area (Å²) in [6, 6.07) is 18.1. The van der Waals surface area contributed by atoms with Crippen LogP contribution in [0.25, 0.3) is 22.2 Å². The number of hydrogen-bond acceptors (Lipinski definition) is 6. The van der Waals surface area contributed by atoms with E-state index in [1.807, 2.05) is 36.4 Å². The summed E-state index contributed by atoms with van der Waals surface area (Å²) < 4.78 is 16.6. The summed E-state index contributed by atoms with van der Waals surface area (Å²) in [6.07, 6.45) is 0. The van der Waals surface area contributed by atoms with Crippen molar-refractivity contribution in [1.29, 1.82) is 0 Å². The highest BCUT2D eigenvalue weighted by molar-refractivity contribution is 7.09. The minimum absolute atomic E-state index is 0.674.